The predicted molar refractivity (Wildman–Crippen MR) is 61.1 cm³/mol. The summed E-state index contributed by atoms with van der Waals surface area (Å²) in [7, 11) is 1.68. The van der Waals surface area contributed by atoms with Gasteiger partial charge in [-0.05, 0) is 5.56 Å². The van der Waals surface area contributed by atoms with Crippen molar-refractivity contribution in [1.82, 2.24) is 19.7 Å². The Bertz CT molecular complexity index is 563. The molecule has 5 nitrogen and oxygen atoms in total. The highest BCUT2D eigenvalue weighted by molar-refractivity contribution is 5.33. The Morgan fingerprint density at radius 1 is 1.37 bits per heavy atom. The first-order valence-electron chi connectivity index (χ1n) is 5.49. The van der Waals surface area contributed by atoms with Crippen LogP contribution in [0.15, 0.2) is 24.9 Å². The number of hydrogen-bond acceptors (Lipinski definition) is 4. The Morgan fingerprint density at radius 3 is 2.63 bits per heavy atom. The van der Waals surface area contributed by atoms with Crippen LogP contribution in [0.2, 0.25) is 0 Å². The van der Waals surface area contributed by atoms with Gasteiger partial charge in [0.1, 0.15) is 6.33 Å². The molecule has 19 heavy (non-hydrogen) atoms. The van der Waals surface area contributed by atoms with E-state index in [2.05, 4.69) is 15.1 Å². The molecule has 0 aliphatic heterocycles. The van der Waals surface area contributed by atoms with Crippen LogP contribution in [0.5, 0.6) is 0 Å². The van der Waals surface area contributed by atoms with E-state index in [9.17, 15) is 13.2 Å². The van der Waals surface area contributed by atoms with E-state index in [1.54, 1.807) is 13.2 Å². The van der Waals surface area contributed by atoms with E-state index in [0.29, 0.717) is 5.56 Å². The summed E-state index contributed by atoms with van der Waals surface area (Å²) >= 11 is 0. The minimum atomic E-state index is -4.53. The van der Waals surface area contributed by atoms with E-state index in [1.807, 2.05) is 0 Å². The fourth-order valence-corrected chi connectivity index (χ4v) is 1.89. The van der Waals surface area contributed by atoms with Gasteiger partial charge in [0.15, 0.2) is 5.69 Å². The monoisotopic (exact) mass is 271 g/mol. The normalized spacial score (nSPS) is 13.5. The number of rotatable bonds is 3. The van der Waals surface area contributed by atoms with Crippen LogP contribution in [-0.4, -0.2) is 26.3 Å². The van der Waals surface area contributed by atoms with E-state index >= 15 is 0 Å². The standard InChI is InChI=1S/C11H12F3N5/c1-19-5-7(3-18-19)8(2-15)9-4-16-6-17-10(9)11(12,13)14/h3-6,8H,2,15H2,1H3. The number of aromatic nitrogens is 4. The molecule has 0 spiro atoms. The molecule has 0 radical (unpaired) electrons. The molecule has 0 aromatic carbocycles. The van der Waals surface area contributed by atoms with Crippen molar-refractivity contribution >= 4 is 0 Å². The molecule has 0 aliphatic rings. The van der Waals surface area contributed by atoms with Crippen molar-refractivity contribution in [2.45, 2.75) is 12.1 Å². The van der Waals surface area contributed by atoms with Crippen molar-refractivity contribution in [2.75, 3.05) is 6.54 Å². The van der Waals surface area contributed by atoms with Crippen LogP contribution in [0.25, 0.3) is 0 Å². The molecule has 0 saturated carbocycles. The maximum atomic E-state index is 12.9. The third-order valence-electron chi connectivity index (χ3n) is 2.75. The molecule has 2 aromatic rings. The number of aryl methyl sites for hydroxylation is 1. The zero-order chi connectivity index (χ0) is 14.0. The maximum absolute atomic E-state index is 12.9. The number of hydrogen-bond donors (Lipinski definition) is 1. The fourth-order valence-electron chi connectivity index (χ4n) is 1.89. The summed E-state index contributed by atoms with van der Waals surface area (Å²) in [6.45, 7) is 0.0160. The van der Waals surface area contributed by atoms with E-state index in [-0.39, 0.29) is 12.1 Å². The van der Waals surface area contributed by atoms with Gasteiger partial charge >= 0.3 is 6.18 Å². The highest BCUT2D eigenvalue weighted by Crippen LogP contribution is 2.34. The highest BCUT2D eigenvalue weighted by Gasteiger charge is 2.37. The van der Waals surface area contributed by atoms with Crippen LogP contribution in [0.4, 0.5) is 13.2 Å². The van der Waals surface area contributed by atoms with E-state index in [1.165, 1.54) is 10.9 Å². The molecule has 0 saturated heterocycles. The maximum Gasteiger partial charge on any atom is 0.433 e. The van der Waals surface area contributed by atoms with Crippen LogP contribution in [0.3, 0.4) is 0 Å². The van der Waals surface area contributed by atoms with E-state index < -0.39 is 17.8 Å². The average Bonchev–Trinajstić information content (AvgIpc) is 2.76. The van der Waals surface area contributed by atoms with Crippen LogP contribution in [0, 0.1) is 0 Å². The number of halogens is 3. The average molecular weight is 271 g/mol. The van der Waals surface area contributed by atoms with Gasteiger partial charge in [-0.25, -0.2) is 9.97 Å². The summed E-state index contributed by atoms with van der Waals surface area (Å²) in [6, 6.07) is 0. The molecule has 0 amide bonds. The van der Waals surface area contributed by atoms with E-state index in [4.69, 9.17) is 5.73 Å². The molecule has 2 rings (SSSR count). The quantitative estimate of drug-likeness (QED) is 0.914. The summed E-state index contributed by atoms with van der Waals surface area (Å²) in [4.78, 5) is 7.00. The number of alkyl halides is 3. The summed E-state index contributed by atoms with van der Waals surface area (Å²) < 4.78 is 40.3. The second kappa shape index (κ2) is 4.96. The molecule has 1 atom stereocenters. The molecular weight excluding hydrogens is 259 g/mol. The molecule has 0 aliphatic carbocycles. The second-order valence-corrected chi connectivity index (χ2v) is 4.06. The Labute approximate surface area is 107 Å². The summed E-state index contributed by atoms with van der Waals surface area (Å²) in [6.07, 6.45) is 0.618. The minimum absolute atomic E-state index is 0.0160. The minimum Gasteiger partial charge on any atom is -0.330 e. The Hall–Kier alpha value is -1.96. The van der Waals surface area contributed by atoms with Gasteiger partial charge < -0.3 is 5.73 Å². The van der Waals surface area contributed by atoms with Gasteiger partial charge in [0.2, 0.25) is 0 Å². The third kappa shape index (κ3) is 2.73. The van der Waals surface area contributed by atoms with Crippen molar-refractivity contribution in [3.05, 3.63) is 41.7 Å². The van der Waals surface area contributed by atoms with Crippen molar-refractivity contribution < 1.29 is 13.2 Å². The van der Waals surface area contributed by atoms with Gasteiger partial charge in [-0.15, -0.1) is 0 Å². The lowest BCUT2D eigenvalue weighted by Gasteiger charge is -2.17. The Balaban J connectivity index is 2.50. The topological polar surface area (TPSA) is 69.6 Å². The summed E-state index contributed by atoms with van der Waals surface area (Å²) in [5.74, 6) is -0.633. The second-order valence-electron chi connectivity index (χ2n) is 4.06. The third-order valence-corrected chi connectivity index (χ3v) is 2.75. The molecule has 0 fully saturated rings. The Kier molecular flexibility index (Phi) is 3.52. The van der Waals surface area contributed by atoms with Crippen molar-refractivity contribution in [3.8, 4) is 0 Å². The zero-order valence-corrected chi connectivity index (χ0v) is 10.1. The van der Waals surface area contributed by atoms with Crippen molar-refractivity contribution in [3.63, 3.8) is 0 Å². The Morgan fingerprint density at radius 2 is 2.11 bits per heavy atom. The first-order valence-corrected chi connectivity index (χ1v) is 5.49. The molecule has 1 unspecified atom stereocenters. The van der Waals surface area contributed by atoms with E-state index in [0.717, 1.165) is 12.5 Å². The van der Waals surface area contributed by atoms with Crippen LogP contribution in [-0.2, 0) is 13.2 Å². The molecule has 2 N–H and O–H groups in total. The number of nitrogens with zero attached hydrogens (tertiary/aromatic N) is 4. The largest absolute Gasteiger partial charge is 0.433 e. The van der Waals surface area contributed by atoms with Gasteiger partial charge in [0, 0.05) is 37.5 Å². The summed E-state index contributed by atoms with van der Waals surface area (Å²) in [5.41, 5.74) is 5.21. The lowest BCUT2D eigenvalue weighted by molar-refractivity contribution is -0.142. The van der Waals surface area contributed by atoms with Gasteiger partial charge in [0.05, 0.1) is 6.20 Å². The SMILES string of the molecule is Cn1cc(C(CN)c2cncnc2C(F)(F)F)cn1. The predicted octanol–water partition coefficient (Wildman–Crippen LogP) is 1.32. The summed E-state index contributed by atoms with van der Waals surface area (Å²) in [5, 5.41) is 3.94. The van der Waals surface area contributed by atoms with Crippen LogP contribution in [0.1, 0.15) is 22.7 Å². The van der Waals surface area contributed by atoms with Gasteiger partial charge in [-0.2, -0.15) is 18.3 Å². The molecule has 8 heteroatoms. The first-order chi connectivity index (χ1) is 8.93. The lowest BCUT2D eigenvalue weighted by Crippen LogP contribution is -2.20. The highest BCUT2D eigenvalue weighted by atomic mass is 19.4. The number of nitrogens with two attached hydrogens (primary N) is 1. The van der Waals surface area contributed by atoms with Crippen LogP contribution >= 0.6 is 0 Å². The molecule has 2 heterocycles. The van der Waals surface area contributed by atoms with Gasteiger partial charge in [-0.1, -0.05) is 0 Å². The lowest BCUT2D eigenvalue weighted by atomic mass is 9.93. The zero-order valence-electron chi connectivity index (χ0n) is 10.1. The molecule has 102 valence electrons. The molecule has 0 bridgehead atoms. The molecular formula is C11H12F3N5. The van der Waals surface area contributed by atoms with Gasteiger partial charge in [0.25, 0.3) is 0 Å². The van der Waals surface area contributed by atoms with Crippen LogP contribution < -0.4 is 5.73 Å². The fraction of sp³-hybridized carbons (Fsp3) is 0.364. The van der Waals surface area contributed by atoms with Crippen molar-refractivity contribution in [2.24, 2.45) is 12.8 Å². The smallest absolute Gasteiger partial charge is 0.330 e. The van der Waals surface area contributed by atoms with Gasteiger partial charge in [-0.3, -0.25) is 4.68 Å². The molecule has 2 aromatic heterocycles. The first kappa shape index (κ1) is 13.5. The van der Waals surface area contributed by atoms with Crippen molar-refractivity contribution in [1.29, 1.82) is 0 Å².